The number of hydrogen-bond acceptors (Lipinski definition) is 6. The highest BCUT2D eigenvalue weighted by Gasteiger charge is 2.37. The van der Waals surface area contributed by atoms with Gasteiger partial charge in [-0.3, -0.25) is 4.79 Å². The number of benzene rings is 1. The molecule has 28 heavy (non-hydrogen) atoms. The summed E-state index contributed by atoms with van der Waals surface area (Å²) in [4.78, 5) is 18.9. The van der Waals surface area contributed by atoms with Gasteiger partial charge in [0.15, 0.2) is 0 Å². The lowest BCUT2D eigenvalue weighted by molar-refractivity contribution is -0.133. The second-order valence-corrected chi connectivity index (χ2v) is 7.55. The van der Waals surface area contributed by atoms with Crippen LogP contribution in [-0.2, 0) is 11.2 Å². The Bertz CT molecular complexity index is 777. The van der Waals surface area contributed by atoms with Crippen molar-refractivity contribution in [3.63, 3.8) is 0 Å². The molecule has 1 N–H and O–H groups in total. The van der Waals surface area contributed by atoms with E-state index in [0.717, 1.165) is 50.3 Å². The van der Waals surface area contributed by atoms with E-state index >= 15 is 0 Å². The number of rotatable bonds is 5. The maximum Gasteiger partial charge on any atom is 0.227 e. The summed E-state index contributed by atoms with van der Waals surface area (Å²) in [5.41, 5.74) is 1.29. The maximum atomic E-state index is 12.5. The fraction of sp³-hybridized carbons (Fsp3) is 0.550. The predicted octanol–water partition coefficient (Wildman–Crippen LogP) is 2.70. The van der Waals surface area contributed by atoms with Gasteiger partial charge >= 0.3 is 0 Å². The van der Waals surface area contributed by atoms with Gasteiger partial charge in [-0.15, -0.1) is 12.4 Å². The molecule has 4 rings (SSSR count). The van der Waals surface area contributed by atoms with Gasteiger partial charge < -0.3 is 19.5 Å². The normalized spacial score (nSPS) is 18.1. The largest absolute Gasteiger partial charge is 0.497 e. The van der Waals surface area contributed by atoms with Crippen LogP contribution in [0.4, 0.5) is 0 Å². The standard InChI is InChI=1S/C20H26N4O3.ClH/c1-26-16-4-2-15(3-5-16)19-22-17(27-23-19)6-7-18(25)24-12-9-20(10-13-24)8-11-21-14-20;/h2-5,21H,6-14H2,1H3;1H. The van der Waals surface area contributed by atoms with Crippen LogP contribution in [0.5, 0.6) is 5.75 Å². The van der Waals surface area contributed by atoms with E-state index in [2.05, 4.69) is 15.5 Å². The van der Waals surface area contributed by atoms with Crippen molar-refractivity contribution in [1.82, 2.24) is 20.4 Å². The smallest absolute Gasteiger partial charge is 0.227 e. The lowest BCUT2D eigenvalue weighted by atomic mass is 9.78. The Hall–Kier alpha value is -2.12. The topological polar surface area (TPSA) is 80.5 Å². The number of amides is 1. The Kier molecular flexibility index (Phi) is 6.57. The van der Waals surface area contributed by atoms with Crippen molar-refractivity contribution in [2.45, 2.75) is 32.1 Å². The lowest BCUT2D eigenvalue weighted by Crippen LogP contribution is -2.44. The first kappa shape index (κ1) is 20.6. The number of nitrogens with zero attached hydrogens (tertiary/aromatic N) is 3. The molecule has 1 aromatic heterocycles. The summed E-state index contributed by atoms with van der Waals surface area (Å²) in [6.45, 7) is 3.94. The number of carbonyl (C=O) groups is 1. The van der Waals surface area contributed by atoms with Crippen LogP contribution in [0.2, 0.25) is 0 Å². The highest BCUT2D eigenvalue weighted by molar-refractivity contribution is 5.85. The molecule has 2 saturated heterocycles. The van der Waals surface area contributed by atoms with E-state index in [1.54, 1.807) is 7.11 Å². The average molecular weight is 407 g/mol. The first-order valence-electron chi connectivity index (χ1n) is 9.63. The summed E-state index contributed by atoms with van der Waals surface area (Å²) in [6.07, 6.45) is 4.34. The molecule has 1 spiro atoms. The molecule has 0 radical (unpaired) electrons. The highest BCUT2D eigenvalue weighted by atomic mass is 35.5. The fourth-order valence-corrected chi connectivity index (χ4v) is 4.04. The number of nitrogens with one attached hydrogen (secondary N) is 1. The van der Waals surface area contributed by atoms with Crippen LogP contribution < -0.4 is 10.1 Å². The summed E-state index contributed by atoms with van der Waals surface area (Å²) >= 11 is 0. The van der Waals surface area contributed by atoms with Crippen LogP contribution >= 0.6 is 12.4 Å². The lowest BCUT2D eigenvalue weighted by Gasteiger charge is -2.38. The molecule has 2 fully saturated rings. The molecule has 152 valence electrons. The zero-order valence-corrected chi connectivity index (χ0v) is 17.0. The number of aromatic nitrogens is 2. The second kappa shape index (κ2) is 8.92. The maximum absolute atomic E-state index is 12.5. The van der Waals surface area contributed by atoms with Gasteiger partial charge in [0.1, 0.15) is 5.75 Å². The number of piperidine rings is 1. The van der Waals surface area contributed by atoms with Crippen LogP contribution in [-0.4, -0.2) is 54.2 Å². The van der Waals surface area contributed by atoms with Gasteiger partial charge in [-0.05, 0) is 55.5 Å². The van der Waals surface area contributed by atoms with Crippen molar-refractivity contribution >= 4 is 18.3 Å². The van der Waals surface area contributed by atoms with E-state index in [1.165, 1.54) is 6.42 Å². The van der Waals surface area contributed by atoms with E-state index in [9.17, 15) is 4.79 Å². The Balaban J connectivity index is 0.00000225. The van der Waals surface area contributed by atoms with Crippen molar-refractivity contribution in [2.75, 3.05) is 33.3 Å². The van der Waals surface area contributed by atoms with Crippen LogP contribution in [0.25, 0.3) is 11.4 Å². The number of methoxy groups -OCH3 is 1. The van der Waals surface area contributed by atoms with Gasteiger partial charge in [0, 0.05) is 38.0 Å². The van der Waals surface area contributed by atoms with Gasteiger partial charge in [0.05, 0.1) is 7.11 Å². The summed E-state index contributed by atoms with van der Waals surface area (Å²) in [5, 5.41) is 7.48. The van der Waals surface area contributed by atoms with Gasteiger partial charge in [-0.2, -0.15) is 4.98 Å². The zero-order chi connectivity index (χ0) is 18.7. The predicted molar refractivity (Wildman–Crippen MR) is 108 cm³/mol. The molecule has 0 atom stereocenters. The number of ether oxygens (including phenoxy) is 1. The summed E-state index contributed by atoms with van der Waals surface area (Å²) in [7, 11) is 1.63. The van der Waals surface area contributed by atoms with Gasteiger partial charge in [0.25, 0.3) is 0 Å². The van der Waals surface area contributed by atoms with E-state index < -0.39 is 0 Å². The molecule has 2 aliphatic heterocycles. The molecule has 0 saturated carbocycles. The molecule has 1 aromatic carbocycles. The first-order valence-corrected chi connectivity index (χ1v) is 9.63. The second-order valence-electron chi connectivity index (χ2n) is 7.55. The van der Waals surface area contributed by atoms with Gasteiger partial charge in [-0.25, -0.2) is 0 Å². The van der Waals surface area contributed by atoms with E-state index in [1.807, 2.05) is 29.2 Å². The van der Waals surface area contributed by atoms with Crippen molar-refractivity contribution < 1.29 is 14.1 Å². The number of halogens is 1. The molecule has 1 amide bonds. The molecule has 0 aliphatic carbocycles. The summed E-state index contributed by atoms with van der Waals surface area (Å²) in [5.74, 6) is 2.00. The third-order valence-corrected chi connectivity index (χ3v) is 5.88. The molecule has 2 aromatic rings. The minimum Gasteiger partial charge on any atom is -0.497 e. The molecule has 8 heteroatoms. The third kappa shape index (κ3) is 4.47. The quantitative estimate of drug-likeness (QED) is 0.822. The number of aryl methyl sites for hydroxylation is 1. The monoisotopic (exact) mass is 406 g/mol. The first-order chi connectivity index (χ1) is 13.2. The van der Waals surface area contributed by atoms with E-state index in [-0.39, 0.29) is 18.3 Å². The van der Waals surface area contributed by atoms with Crippen molar-refractivity contribution in [3.05, 3.63) is 30.2 Å². The SMILES string of the molecule is COc1ccc(-c2noc(CCC(=O)N3CCC4(CCNC4)CC3)n2)cc1.Cl. The van der Waals surface area contributed by atoms with E-state index in [4.69, 9.17) is 9.26 Å². The Morgan fingerprint density at radius 1 is 1.25 bits per heavy atom. The van der Waals surface area contributed by atoms with Crippen molar-refractivity contribution in [3.8, 4) is 17.1 Å². The Morgan fingerprint density at radius 3 is 2.64 bits per heavy atom. The summed E-state index contributed by atoms with van der Waals surface area (Å²) in [6, 6.07) is 7.50. The zero-order valence-electron chi connectivity index (χ0n) is 16.1. The minimum atomic E-state index is 0. The van der Waals surface area contributed by atoms with Crippen molar-refractivity contribution in [2.24, 2.45) is 5.41 Å². The van der Waals surface area contributed by atoms with Crippen LogP contribution in [0.3, 0.4) is 0 Å². The fourth-order valence-electron chi connectivity index (χ4n) is 4.04. The number of carbonyl (C=O) groups excluding carboxylic acids is 1. The van der Waals surface area contributed by atoms with Crippen LogP contribution in [0.15, 0.2) is 28.8 Å². The molecule has 0 unspecified atom stereocenters. The Morgan fingerprint density at radius 2 is 2.00 bits per heavy atom. The van der Waals surface area contributed by atoms with Crippen molar-refractivity contribution in [1.29, 1.82) is 0 Å². The van der Waals surface area contributed by atoms with Gasteiger partial charge in [0.2, 0.25) is 17.6 Å². The van der Waals surface area contributed by atoms with Gasteiger partial charge in [-0.1, -0.05) is 5.16 Å². The molecular formula is C20H27ClN4O3. The van der Waals surface area contributed by atoms with E-state index in [0.29, 0.717) is 30.0 Å². The molecule has 0 bridgehead atoms. The highest BCUT2D eigenvalue weighted by Crippen LogP contribution is 2.37. The number of hydrogen-bond donors (Lipinski definition) is 1. The third-order valence-electron chi connectivity index (χ3n) is 5.88. The van der Waals surface area contributed by atoms with Crippen LogP contribution in [0.1, 0.15) is 31.6 Å². The molecule has 2 aliphatic rings. The molecular weight excluding hydrogens is 380 g/mol. The van der Waals surface area contributed by atoms with Crippen LogP contribution in [0, 0.1) is 5.41 Å². The minimum absolute atomic E-state index is 0. The number of likely N-dealkylation sites (tertiary alicyclic amines) is 1. The Labute approximate surface area is 171 Å². The average Bonchev–Trinajstić information content (AvgIpc) is 3.37. The summed E-state index contributed by atoms with van der Waals surface area (Å²) < 4.78 is 10.5. The molecule has 3 heterocycles. The molecule has 7 nitrogen and oxygen atoms in total.